The Morgan fingerprint density at radius 2 is 1.90 bits per heavy atom. The fourth-order valence-electron chi connectivity index (χ4n) is 3.21. The van der Waals surface area contributed by atoms with Crippen LogP contribution in [0.1, 0.15) is 45.0 Å². The molecule has 1 atom stereocenters. The minimum absolute atomic E-state index is 0.617. The predicted molar refractivity (Wildman–Crippen MR) is 88.6 cm³/mol. The van der Waals surface area contributed by atoms with Gasteiger partial charge < -0.3 is 10.2 Å². The van der Waals surface area contributed by atoms with Gasteiger partial charge in [0.25, 0.3) is 0 Å². The Kier molecular flexibility index (Phi) is 5.82. The third-order valence-corrected chi connectivity index (χ3v) is 4.60. The molecule has 1 aliphatic heterocycles. The van der Waals surface area contributed by atoms with Crippen LogP contribution in [-0.4, -0.2) is 46.4 Å². The average Bonchev–Trinajstić information content (AvgIpc) is 2.75. The van der Waals surface area contributed by atoms with E-state index in [1.165, 1.54) is 31.6 Å². The Bertz CT molecular complexity index is 430. The Morgan fingerprint density at radius 1 is 1.24 bits per heavy atom. The van der Waals surface area contributed by atoms with Gasteiger partial charge in [0.15, 0.2) is 0 Å². The highest BCUT2D eigenvalue weighted by Gasteiger charge is 2.20. The van der Waals surface area contributed by atoms with Crippen molar-refractivity contribution < 1.29 is 0 Å². The average molecular weight is 292 g/mol. The fourth-order valence-corrected chi connectivity index (χ4v) is 3.21. The van der Waals surface area contributed by atoms with E-state index >= 15 is 0 Å². The third-order valence-electron chi connectivity index (χ3n) is 4.60. The van der Waals surface area contributed by atoms with Crippen molar-refractivity contribution in [2.24, 2.45) is 5.92 Å². The van der Waals surface area contributed by atoms with Crippen LogP contribution in [0.15, 0.2) is 6.07 Å². The minimum atomic E-state index is 0.617. The molecule has 0 bridgehead atoms. The number of aryl methyl sites for hydroxylation is 2. The second kappa shape index (κ2) is 7.41. The quantitative estimate of drug-likeness (QED) is 0.875. The second-order valence-corrected chi connectivity index (χ2v) is 7.03. The first-order valence-electron chi connectivity index (χ1n) is 8.44. The number of nitrogens with one attached hydrogen (secondary N) is 1. The van der Waals surface area contributed by atoms with Gasteiger partial charge in [-0.1, -0.05) is 6.92 Å². The lowest BCUT2D eigenvalue weighted by molar-refractivity contribution is 0.159. The SMILES string of the molecule is Cc1cc(C)n(CC(C)CNC2CCN(C(C)C)CC2)n1. The van der Waals surface area contributed by atoms with Crippen molar-refractivity contribution in [3.8, 4) is 0 Å². The standard InChI is InChI=1S/C17H32N4/c1-13(2)20-8-6-17(7-9-20)18-11-14(3)12-21-16(5)10-15(4)19-21/h10,13-14,17-18H,6-9,11-12H2,1-5H3. The van der Waals surface area contributed by atoms with Gasteiger partial charge in [-0.15, -0.1) is 0 Å². The smallest absolute Gasteiger partial charge is 0.0596 e. The van der Waals surface area contributed by atoms with Crippen LogP contribution in [-0.2, 0) is 6.54 Å². The van der Waals surface area contributed by atoms with Gasteiger partial charge in [-0.2, -0.15) is 5.10 Å². The number of rotatable bonds is 6. The maximum absolute atomic E-state index is 4.56. The van der Waals surface area contributed by atoms with Crippen LogP contribution in [0.3, 0.4) is 0 Å². The molecule has 2 heterocycles. The molecule has 0 amide bonds. The first-order valence-corrected chi connectivity index (χ1v) is 8.44. The molecule has 1 aliphatic rings. The largest absolute Gasteiger partial charge is 0.314 e. The molecular weight excluding hydrogens is 260 g/mol. The molecule has 4 heteroatoms. The van der Waals surface area contributed by atoms with E-state index in [9.17, 15) is 0 Å². The predicted octanol–water partition coefficient (Wildman–Crippen LogP) is 2.60. The highest BCUT2D eigenvalue weighted by molar-refractivity contribution is 5.06. The molecule has 2 rings (SSSR count). The van der Waals surface area contributed by atoms with Crippen molar-refractivity contribution in [3.63, 3.8) is 0 Å². The molecule has 1 unspecified atom stereocenters. The van der Waals surface area contributed by atoms with Crippen LogP contribution in [0.5, 0.6) is 0 Å². The van der Waals surface area contributed by atoms with Gasteiger partial charge in [0.05, 0.1) is 5.69 Å². The number of piperidine rings is 1. The van der Waals surface area contributed by atoms with E-state index in [0.29, 0.717) is 18.0 Å². The van der Waals surface area contributed by atoms with Crippen molar-refractivity contribution in [3.05, 3.63) is 17.5 Å². The normalized spacial score (nSPS) is 19.3. The fraction of sp³-hybridized carbons (Fsp3) is 0.824. The van der Waals surface area contributed by atoms with Crippen molar-refractivity contribution in [1.82, 2.24) is 20.0 Å². The summed E-state index contributed by atoms with van der Waals surface area (Å²) in [5.74, 6) is 0.617. The summed E-state index contributed by atoms with van der Waals surface area (Å²) in [6.45, 7) is 15.7. The molecule has 1 saturated heterocycles. The summed E-state index contributed by atoms with van der Waals surface area (Å²) in [6.07, 6.45) is 2.57. The molecule has 120 valence electrons. The van der Waals surface area contributed by atoms with Crippen LogP contribution in [0.2, 0.25) is 0 Å². The molecule has 0 radical (unpaired) electrons. The lowest BCUT2D eigenvalue weighted by Gasteiger charge is -2.35. The van der Waals surface area contributed by atoms with E-state index in [4.69, 9.17) is 0 Å². The maximum Gasteiger partial charge on any atom is 0.0596 e. The van der Waals surface area contributed by atoms with Gasteiger partial charge in [0.2, 0.25) is 0 Å². The van der Waals surface area contributed by atoms with Gasteiger partial charge >= 0.3 is 0 Å². The zero-order chi connectivity index (χ0) is 15.4. The summed E-state index contributed by atoms with van der Waals surface area (Å²) in [4.78, 5) is 2.58. The summed E-state index contributed by atoms with van der Waals surface area (Å²) in [7, 11) is 0. The molecule has 1 N–H and O–H groups in total. The zero-order valence-electron chi connectivity index (χ0n) is 14.4. The number of likely N-dealkylation sites (tertiary alicyclic amines) is 1. The summed E-state index contributed by atoms with van der Waals surface area (Å²) in [5.41, 5.74) is 2.39. The molecule has 0 spiro atoms. The molecule has 4 nitrogen and oxygen atoms in total. The maximum atomic E-state index is 4.56. The first-order chi connectivity index (χ1) is 9.95. The van der Waals surface area contributed by atoms with Crippen LogP contribution in [0.25, 0.3) is 0 Å². The Morgan fingerprint density at radius 3 is 2.43 bits per heavy atom. The van der Waals surface area contributed by atoms with Gasteiger partial charge in [-0.05, 0) is 72.2 Å². The molecule has 21 heavy (non-hydrogen) atoms. The molecule has 1 fully saturated rings. The van der Waals surface area contributed by atoms with E-state index in [1.54, 1.807) is 0 Å². The monoisotopic (exact) mass is 292 g/mol. The van der Waals surface area contributed by atoms with E-state index in [1.807, 2.05) is 0 Å². The number of hydrogen-bond acceptors (Lipinski definition) is 3. The van der Waals surface area contributed by atoms with E-state index in [-0.39, 0.29) is 0 Å². The molecule has 1 aromatic rings. The van der Waals surface area contributed by atoms with Gasteiger partial charge in [0, 0.05) is 24.3 Å². The lowest BCUT2D eigenvalue weighted by Crippen LogP contribution is -2.46. The van der Waals surface area contributed by atoms with E-state index in [0.717, 1.165) is 18.8 Å². The topological polar surface area (TPSA) is 33.1 Å². The second-order valence-electron chi connectivity index (χ2n) is 7.03. The minimum Gasteiger partial charge on any atom is -0.314 e. The summed E-state index contributed by atoms with van der Waals surface area (Å²) >= 11 is 0. The van der Waals surface area contributed by atoms with Gasteiger partial charge in [0.1, 0.15) is 0 Å². The van der Waals surface area contributed by atoms with Crippen LogP contribution >= 0.6 is 0 Å². The highest BCUT2D eigenvalue weighted by Crippen LogP contribution is 2.13. The molecule has 0 aliphatic carbocycles. The first kappa shape index (κ1) is 16.5. The number of hydrogen-bond donors (Lipinski definition) is 1. The molecule has 0 saturated carbocycles. The Balaban J connectivity index is 1.70. The third kappa shape index (κ3) is 4.82. The van der Waals surface area contributed by atoms with Crippen molar-refractivity contribution in [1.29, 1.82) is 0 Å². The van der Waals surface area contributed by atoms with Crippen molar-refractivity contribution >= 4 is 0 Å². The van der Waals surface area contributed by atoms with E-state index in [2.05, 4.69) is 60.7 Å². The Labute approximate surface area is 129 Å². The molecular formula is C17H32N4. The Hall–Kier alpha value is -0.870. The van der Waals surface area contributed by atoms with Crippen LogP contribution in [0.4, 0.5) is 0 Å². The summed E-state index contributed by atoms with van der Waals surface area (Å²) in [5, 5.41) is 8.32. The number of nitrogens with zero attached hydrogens (tertiary/aromatic N) is 3. The summed E-state index contributed by atoms with van der Waals surface area (Å²) < 4.78 is 2.14. The van der Waals surface area contributed by atoms with Gasteiger partial charge in [-0.3, -0.25) is 4.68 Å². The summed E-state index contributed by atoms with van der Waals surface area (Å²) in [6, 6.07) is 3.54. The van der Waals surface area contributed by atoms with Crippen LogP contribution < -0.4 is 5.32 Å². The van der Waals surface area contributed by atoms with Crippen molar-refractivity contribution in [2.45, 2.75) is 66.1 Å². The van der Waals surface area contributed by atoms with Crippen LogP contribution in [0, 0.1) is 19.8 Å². The van der Waals surface area contributed by atoms with Gasteiger partial charge in [-0.25, -0.2) is 0 Å². The van der Waals surface area contributed by atoms with E-state index < -0.39 is 0 Å². The molecule has 0 aromatic carbocycles. The number of aromatic nitrogens is 2. The highest BCUT2D eigenvalue weighted by atomic mass is 15.3. The lowest BCUT2D eigenvalue weighted by atomic mass is 10.0. The zero-order valence-corrected chi connectivity index (χ0v) is 14.4. The molecule has 1 aromatic heterocycles. The van der Waals surface area contributed by atoms with Crippen molar-refractivity contribution in [2.75, 3.05) is 19.6 Å².